The number of nitriles is 1. The van der Waals surface area contributed by atoms with Gasteiger partial charge in [-0.05, 0) is 0 Å². The summed E-state index contributed by atoms with van der Waals surface area (Å²) in [4.78, 5) is 4.31. The van der Waals surface area contributed by atoms with E-state index in [1.54, 1.807) is 27.8 Å². The van der Waals surface area contributed by atoms with Crippen LogP contribution < -0.4 is 0 Å². The summed E-state index contributed by atoms with van der Waals surface area (Å²) in [6.07, 6.45) is 8.58. The number of hydrogen-bond acceptors (Lipinski definition) is 4. The number of aromatic nitrogens is 5. The largest absolute Gasteiger partial charge is 0.275 e. The molecule has 0 aliphatic heterocycles. The SMILES string of the molecule is Cn1cc(-c2cn3ncc(C#N)c3cn2)cn1. The minimum absolute atomic E-state index is 0.523. The monoisotopic (exact) mass is 224 g/mol. The Hall–Kier alpha value is -2.68. The number of hydrogen-bond donors (Lipinski definition) is 0. The first kappa shape index (κ1) is 9.54. The molecule has 0 bridgehead atoms. The van der Waals surface area contributed by atoms with Gasteiger partial charge in [0.15, 0.2) is 0 Å². The minimum atomic E-state index is 0.523. The van der Waals surface area contributed by atoms with E-state index in [9.17, 15) is 0 Å². The molecule has 0 fully saturated rings. The van der Waals surface area contributed by atoms with Crippen molar-refractivity contribution in [2.75, 3.05) is 0 Å². The summed E-state index contributed by atoms with van der Waals surface area (Å²) in [6.45, 7) is 0. The number of fused-ring (bicyclic) bond motifs is 1. The van der Waals surface area contributed by atoms with Gasteiger partial charge in [-0.3, -0.25) is 9.67 Å². The Morgan fingerprint density at radius 3 is 2.76 bits per heavy atom. The zero-order chi connectivity index (χ0) is 11.8. The van der Waals surface area contributed by atoms with E-state index in [2.05, 4.69) is 21.3 Å². The second kappa shape index (κ2) is 3.42. The molecule has 82 valence electrons. The van der Waals surface area contributed by atoms with E-state index in [1.165, 1.54) is 6.20 Å². The van der Waals surface area contributed by atoms with E-state index < -0.39 is 0 Å². The average Bonchev–Trinajstić information content (AvgIpc) is 2.94. The lowest BCUT2D eigenvalue weighted by Crippen LogP contribution is -1.91. The summed E-state index contributed by atoms with van der Waals surface area (Å²) >= 11 is 0. The van der Waals surface area contributed by atoms with Gasteiger partial charge in [0, 0.05) is 18.8 Å². The summed E-state index contributed by atoms with van der Waals surface area (Å²) < 4.78 is 3.36. The van der Waals surface area contributed by atoms with Crippen molar-refractivity contribution in [2.24, 2.45) is 7.05 Å². The maximum Gasteiger partial charge on any atom is 0.103 e. The molecule has 3 aromatic heterocycles. The van der Waals surface area contributed by atoms with Crippen LogP contribution in [0.5, 0.6) is 0 Å². The van der Waals surface area contributed by atoms with Crippen molar-refractivity contribution in [3.8, 4) is 17.3 Å². The lowest BCUT2D eigenvalue weighted by Gasteiger charge is -1.97. The van der Waals surface area contributed by atoms with Gasteiger partial charge in [0.05, 0.1) is 36.0 Å². The molecule has 0 aromatic carbocycles. The van der Waals surface area contributed by atoms with E-state index in [0.29, 0.717) is 11.1 Å². The normalized spacial score (nSPS) is 10.6. The third kappa shape index (κ3) is 1.45. The molecule has 3 heterocycles. The summed E-state index contributed by atoms with van der Waals surface area (Å²) in [5, 5.41) is 17.1. The van der Waals surface area contributed by atoms with Crippen LogP contribution in [0, 0.1) is 11.3 Å². The average molecular weight is 224 g/mol. The molecular weight excluding hydrogens is 216 g/mol. The van der Waals surface area contributed by atoms with Gasteiger partial charge in [-0.15, -0.1) is 0 Å². The van der Waals surface area contributed by atoms with E-state index in [4.69, 9.17) is 5.26 Å². The van der Waals surface area contributed by atoms with Gasteiger partial charge in [-0.25, -0.2) is 4.52 Å². The molecule has 6 nitrogen and oxygen atoms in total. The molecule has 0 atom stereocenters. The molecule has 17 heavy (non-hydrogen) atoms. The quantitative estimate of drug-likeness (QED) is 0.618. The Labute approximate surface area is 96.7 Å². The number of nitrogens with zero attached hydrogens (tertiary/aromatic N) is 6. The van der Waals surface area contributed by atoms with E-state index in [0.717, 1.165) is 11.3 Å². The van der Waals surface area contributed by atoms with Crippen molar-refractivity contribution in [3.63, 3.8) is 0 Å². The topological polar surface area (TPSA) is 71.8 Å². The van der Waals surface area contributed by atoms with Crippen LogP contribution in [-0.2, 0) is 7.05 Å². The van der Waals surface area contributed by atoms with Crippen LogP contribution in [0.3, 0.4) is 0 Å². The smallest absolute Gasteiger partial charge is 0.103 e. The molecule has 6 heteroatoms. The van der Waals surface area contributed by atoms with Gasteiger partial charge >= 0.3 is 0 Å². The summed E-state index contributed by atoms with van der Waals surface area (Å²) in [6, 6.07) is 2.07. The van der Waals surface area contributed by atoms with Crippen LogP contribution in [0.25, 0.3) is 16.8 Å². The summed E-state index contributed by atoms with van der Waals surface area (Å²) in [5.41, 5.74) is 2.93. The first-order valence-electron chi connectivity index (χ1n) is 5.00. The van der Waals surface area contributed by atoms with E-state index in [1.807, 2.05) is 13.2 Å². The van der Waals surface area contributed by atoms with Crippen molar-refractivity contribution < 1.29 is 0 Å². The molecule has 0 radical (unpaired) electrons. The molecule has 0 saturated heterocycles. The van der Waals surface area contributed by atoms with Crippen molar-refractivity contribution in [2.45, 2.75) is 0 Å². The molecule has 0 aliphatic rings. The molecule has 3 rings (SSSR count). The molecule has 0 unspecified atom stereocenters. The van der Waals surface area contributed by atoms with Gasteiger partial charge < -0.3 is 0 Å². The fraction of sp³-hybridized carbons (Fsp3) is 0.0909. The van der Waals surface area contributed by atoms with Crippen LogP contribution in [-0.4, -0.2) is 24.4 Å². The second-order valence-corrected chi connectivity index (χ2v) is 3.68. The Morgan fingerprint density at radius 2 is 2.06 bits per heavy atom. The van der Waals surface area contributed by atoms with Crippen molar-refractivity contribution in [1.82, 2.24) is 24.4 Å². The van der Waals surface area contributed by atoms with E-state index in [-0.39, 0.29) is 0 Å². The van der Waals surface area contributed by atoms with Crippen LogP contribution in [0.2, 0.25) is 0 Å². The highest BCUT2D eigenvalue weighted by Crippen LogP contribution is 2.17. The summed E-state index contributed by atoms with van der Waals surface area (Å²) in [5.74, 6) is 0. The van der Waals surface area contributed by atoms with Gasteiger partial charge in [-0.2, -0.15) is 15.5 Å². The predicted octanol–water partition coefficient (Wildman–Crippen LogP) is 1.00. The first-order valence-corrected chi connectivity index (χ1v) is 5.00. The van der Waals surface area contributed by atoms with Gasteiger partial charge in [0.2, 0.25) is 0 Å². The Balaban J connectivity index is 2.18. The maximum absolute atomic E-state index is 8.87. The molecular formula is C11H8N6. The molecule has 0 aliphatic carbocycles. The first-order chi connectivity index (χ1) is 8.28. The molecule has 0 saturated carbocycles. The van der Waals surface area contributed by atoms with Crippen molar-refractivity contribution >= 4 is 5.52 Å². The predicted molar refractivity (Wildman–Crippen MR) is 59.9 cm³/mol. The minimum Gasteiger partial charge on any atom is -0.275 e. The van der Waals surface area contributed by atoms with Crippen molar-refractivity contribution in [3.05, 3.63) is 36.5 Å². The Bertz CT molecular complexity index is 730. The zero-order valence-electron chi connectivity index (χ0n) is 9.07. The van der Waals surface area contributed by atoms with Gasteiger partial charge in [-0.1, -0.05) is 0 Å². The Kier molecular flexibility index (Phi) is 1.92. The fourth-order valence-corrected chi connectivity index (χ4v) is 1.67. The number of aryl methyl sites for hydroxylation is 1. The van der Waals surface area contributed by atoms with Crippen molar-refractivity contribution in [1.29, 1.82) is 5.26 Å². The van der Waals surface area contributed by atoms with Crippen LogP contribution in [0.4, 0.5) is 0 Å². The lowest BCUT2D eigenvalue weighted by molar-refractivity contribution is 0.768. The molecule has 0 amide bonds. The maximum atomic E-state index is 8.87. The molecule has 0 spiro atoms. The van der Waals surface area contributed by atoms with Crippen LogP contribution in [0.1, 0.15) is 5.56 Å². The van der Waals surface area contributed by atoms with E-state index >= 15 is 0 Å². The highest BCUT2D eigenvalue weighted by atomic mass is 15.2. The highest BCUT2D eigenvalue weighted by molar-refractivity contribution is 5.63. The highest BCUT2D eigenvalue weighted by Gasteiger charge is 2.07. The van der Waals surface area contributed by atoms with Crippen LogP contribution in [0.15, 0.2) is 31.0 Å². The standard InChI is InChI=1S/C11H8N6/c1-16-6-9(4-14-16)10-7-17-11(5-13-10)8(2-12)3-15-17/h3-7H,1H3. The summed E-state index contributed by atoms with van der Waals surface area (Å²) in [7, 11) is 1.85. The van der Waals surface area contributed by atoms with Gasteiger partial charge in [0.1, 0.15) is 11.6 Å². The van der Waals surface area contributed by atoms with Gasteiger partial charge in [0.25, 0.3) is 0 Å². The zero-order valence-corrected chi connectivity index (χ0v) is 9.07. The Morgan fingerprint density at radius 1 is 1.18 bits per heavy atom. The number of rotatable bonds is 1. The molecule has 3 aromatic rings. The second-order valence-electron chi connectivity index (χ2n) is 3.68. The third-order valence-corrected chi connectivity index (χ3v) is 2.53. The lowest BCUT2D eigenvalue weighted by atomic mass is 10.2. The fourth-order valence-electron chi connectivity index (χ4n) is 1.67. The van der Waals surface area contributed by atoms with Crippen LogP contribution >= 0.6 is 0 Å². The molecule has 0 N–H and O–H groups in total. The third-order valence-electron chi connectivity index (χ3n) is 2.53.